The average Bonchev–Trinajstić information content (AvgIpc) is 3.03. The molecule has 2 N–H and O–H groups in total. The van der Waals surface area contributed by atoms with Crippen molar-refractivity contribution < 1.29 is 0 Å². The van der Waals surface area contributed by atoms with Crippen LogP contribution in [0.5, 0.6) is 0 Å². The maximum atomic E-state index is 4.60. The predicted molar refractivity (Wildman–Crippen MR) is 95.6 cm³/mol. The Bertz CT molecular complexity index is 710. The minimum Gasteiger partial charge on any atom is -0.369 e. The molecular weight excluding hydrogens is 286 g/mol. The van der Waals surface area contributed by atoms with E-state index >= 15 is 0 Å². The fourth-order valence-electron chi connectivity index (χ4n) is 2.61. The van der Waals surface area contributed by atoms with Crippen LogP contribution in [0, 0.1) is 0 Å². The maximum Gasteiger partial charge on any atom is 0.140 e. The van der Waals surface area contributed by atoms with Crippen LogP contribution in [0.1, 0.15) is 13.8 Å². The van der Waals surface area contributed by atoms with Crippen LogP contribution < -0.4 is 5.32 Å². The predicted octanol–water partition coefficient (Wildman–Crippen LogP) is 3.38. The number of likely N-dealkylation sites (N-methyl/N-ethyl adjacent to an activating group) is 1. The van der Waals surface area contributed by atoms with Crippen LogP contribution in [0.2, 0.25) is 0 Å². The number of H-pyrrole nitrogens is 1. The van der Waals surface area contributed by atoms with Gasteiger partial charge in [0, 0.05) is 24.8 Å². The van der Waals surface area contributed by atoms with Crippen molar-refractivity contribution in [2.45, 2.75) is 13.8 Å². The summed E-state index contributed by atoms with van der Waals surface area (Å²) in [6.07, 6.45) is 1.86. The van der Waals surface area contributed by atoms with Gasteiger partial charge in [0.05, 0.1) is 11.0 Å². The number of benzene rings is 1. The van der Waals surface area contributed by atoms with Crippen LogP contribution in [-0.4, -0.2) is 46.0 Å². The van der Waals surface area contributed by atoms with Gasteiger partial charge in [-0.25, -0.2) is 9.97 Å². The van der Waals surface area contributed by atoms with Crippen molar-refractivity contribution in [2.24, 2.45) is 0 Å². The van der Waals surface area contributed by atoms with E-state index in [0.717, 1.165) is 54.4 Å². The number of nitrogens with one attached hydrogen (secondary N) is 2. The molecule has 0 unspecified atom stereocenters. The van der Waals surface area contributed by atoms with E-state index in [1.165, 1.54) is 0 Å². The van der Waals surface area contributed by atoms with E-state index in [0.29, 0.717) is 0 Å². The average molecular weight is 309 g/mol. The summed E-state index contributed by atoms with van der Waals surface area (Å²) >= 11 is 0. The Balaban J connectivity index is 1.65. The summed E-state index contributed by atoms with van der Waals surface area (Å²) in [5, 5.41) is 3.37. The molecule has 0 saturated heterocycles. The van der Waals surface area contributed by atoms with Crippen molar-refractivity contribution >= 4 is 16.9 Å². The van der Waals surface area contributed by atoms with Gasteiger partial charge in [0.1, 0.15) is 11.6 Å². The first-order chi connectivity index (χ1) is 11.3. The number of imidazole rings is 1. The molecule has 2 aromatic heterocycles. The smallest absolute Gasteiger partial charge is 0.140 e. The van der Waals surface area contributed by atoms with Crippen LogP contribution >= 0.6 is 0 Å². The fourth-order valence-corrected chi connectivity index (χ4v) is 2.61. The zero-order valence-electron chi connectivity index (χ0n) is 13.7. The molecule has 5 heteroatoms. The van der Waals surface area contributed by atoms with Gasteiger partial charge in [0.2, 0.25) is 0 Å². The highest BCUT2D eigenvalue weighted by Crippen LogP contribution is 2.20. The van der Waals surface area contributed by atoms with Crippen molar-refractivity contribution in [1.82, 2.24) is 19.9 Å². The second-order valence-corrected chi connectivity index (χ2v) is 5.49. The molecule has 2 heterocycles. The molecule has 3 aromatic rings. The van der Waals surface area contributed by atoms with Crippen LogP contribution in [0.3, 0.4) is 0 Å². The zero-order valence-corrected chi connectivity index (χ0v) is 13.7. The Morgan fingerprint density at radius 2 is 1.91 bits per heavy atom. The topological polar surface area (TPSA) is 56.8 Å². The van der Waals surface area contributed by atoms with Gasteiger partial charge >= 0.3 is 0 Å². The fraction of sp³-hybridized carbons (Fsp3) is 0.333. The van der Waals surface area contributed by atoms with E-state index in [-0.39, 0.29) is 0 Å². The standard InChI is InChI=1S/C18H23N5/c1-3-23(4-2)12-11-19-17-10-9-14(13-20-17)18-21-15-7-5-6-8-16(15)22-18/h5-10,13H,3-4,11-12H2,1-2H3,(H,19,20)(H,21,22). The molecule has 1 aromatic carbocycles. The molecule has 5 nitrogen and oxygen atoms in total. The molecule has 23 heavy (non-hydrogen) atoms. The van der Waals surface area contributed by atoms with Gasteiger partial charge in [-0.3, -0.25) is 0 Å². The minimum absolute atomic E-state index is 0.855. The van der Waals surface area contributed by atoms with E-state index in [4.69, 9.17) is 0 Å². The molecule has 0 bridgehead atoms. The van der Waals surface area contributed by atoms with Crippen LogP contribution in [0.15, 0.2) is 42.6 Å². The van der Waals surface area contributed by atoms with Gasteiger partial charge in [-0.2, -0.15) is 0 Å². The second kappa shape index (κ2) is 7.24. The number of hydrogen-bond donors (Lipinski definition) is 2. The number of fused-ring (bicyclic) bond motifs is 1. The van der Waals surface area contributed by atoms with Gasteiger partial charge in [-0.05, 0) is 37.4 Å². The Hall–Kier alpha value is -2.40. The molecule has 0 radical (unpaired) electrons. The molecule has 3 rings (SSSR count). The first-order valence-corrected chi connectivity index (χ1v) is 8.17. The van der Waals surface area contributed by atoms with Gasteiger partial charge in [-0.15, -0.1) is 0 Å². The molecule has 0 aliphatic heterocycles. The van der Waals surface area contributed by atoms with E-state index in [1.54, 1.807) is 0 Å². The van der Waals surface area contributed by atoms with Crippen molar-refractivity contribution in [2.75, 3.05) is 31.5 Å². The van der Waals surface area contributed by atoms with Gasteiger partial charge in [-0.1, -0.05) is 26.0 Å². The minimum atomic E-state index is 0.855. The largest absolute Gasteiger partial charge is 0.369 e. The molecular formula is C18H23N5. The highest BCUT2D eigenvalue weighted by molar-refractivity contribution is 5.79. The number of aromatic nitrogens is 3. The summed E-state index contributed by atoms with van der Waals surface area (Å²) in [4.78, 5) is 14.8. The van der Waals surface area contributed by atoms with Crippen LogP contribution in [0.4, 0.5) is 5.82 Å². The van der Waals surface area contributed by atoms with Crippen LogP contribution in [-0.2, 0) is 0 Å². The summed E-state index contributed by atoms with van der Waals surface area (Å²) in [7, 11) is 0. The molecule has 0 atom stereocenters. The summed E-state index contributed by atoms with van der Waals surface area (Å²) in [6.45, 7) is 8.46. The molecule has 0 aliphatic rings. The SMILES string of the molecule is CCN(CC)CCNc1ccc(-c2nc3ccccc3[nH]2)cn1. The monoisotopic (exact) mass is 309 g/mol. The number of pyridine rings is 1. The molecule has 0 spiro atoms. The summed E-state index contributed by atoms with van der Waals surface area (Å²) in [5.74, 6) is 1.76. The lowest BCUT2D eigenvalue weighted by atomic mass is 10.2. The maximum absolute atomic E-state index is 4.60. The Kier molecular flexibility index (Phi) is 4.88. The number of anilines is 1. The van der Waals surface area contributed by atoms with Crippen LogP contribution in [0.25, 0.3) is 22.4 Å². The number of aromatic amines is 1. The van der Waals surface area contributed by atoms with Crippen molar-refractivity contribution in [3.63, 3.8) is 0 Å². The quantitative estimate of drug-likeness (QED) is 0.702. The lowest BCUT2D eigenvalue weighted by Crippen LogP contribution is -2.28. The van der Waals surface area contributed by atoms with E-state index < -0.39 is 0 Å². The second-order valence-electron chi connectivity index (χ2n) is 5.49. The van der Waals surface area contributed by atoms with Crippen molar-refractivity contribution in [1.29, 1.82) is 0 Å². The van der Waals surface area contributed by atoms with Crippen molar-refractivity contribution in [3.05, 3.63) is 42.6 Å². The summed E-state index contributed by atoms with van der Waals surface area (Å²) in [5.41, 5.74) is 3.02. The number of hydrogen-bond acceptors (Lipinski definition) is 4. The third-order valence-corrected chi connectivity index (χ3v) is 4.05. The number of nitrogens with zero attached hydrogens (tertiary/aromatic N) is 3. The molecule has 0 amide bonds. The highest BCUT2D eigenvalue weighted by atomic mass is 15.1. The Labute approximate surface area is 136 Å². The van der Waals surface area contributed by atoms with E-state index in [9.17, 15) is 0 Å². The van der Waals surface area contributed by atoms with E-state index in [2.05, 4.69) is 39.0 Å². The van der Waals surface area contributed by atoms with Gasteiger partial charge in [0.25, 0.3) is 0 Å². The molecule has 0 fully saturated rings. The number of rotatable bonds is 7. The Morgan fingerprint density at radius 1 is 1.09 bits per heavy atom. The van der Waals surface area contributed by atoms with E-state index in [1.807, 2.05) is 42.6 Å². The zero-order chi connectivity index (χ0) is 16.1. The molecule has 0 aliphatic carbocycles. The highest BCUT2D eigenvalue weighted by Gasteiger charge is 2.05. The van der Waals surface area contributed by atoms with Gasteiger partial charge < -0.3 is 15.2 Å². The molecule has 0 saturated carbocycles. The summed E-state index contributed by atoms with van der Waals surface area (Å²) < 4.78 is 0. The Morgan fingerprint density at radius 3 is 2.61 bits per heavy atom. The lowest BCUT2D eigenvalue weighted by Gasteiger charge is -2.18. The molecule has 120 valence electrons. The van der Waals surface area contributed by atoms with Crippen molar-refractivity contribution in [3.8, 4) is 11.4 Å². The summed E-state index contributed by atoms with van der Waals surface area (Å²) in [6, 6.07) is 12.1. The first kappa shape index (κ1) is 15.5. The third-order valence-electron chi connectivity index (χ3n) is 4.05. The lowest BCUT2D eigenvalue weighted by molar-refractivity contribution is 0.316. The first-order valence-electron chi connectivity index (χ1n) is 8.17. The third kappa shape index (κ3) is 3.68. The number of para-hydroxylation sites is 2. The van der Waals surface area contributed by atoms with Gasteiger partial charge in [0.15, 0.2) is 0 Å². The normalized spacial score (nSPS) is 11.3.